The molecule has 1 saturated heterocycles. The van der Waals surface area contributed by atoms with E-state index < -0.39 is 44.3 Å². The van der Waals surface area contributed by atoms with Gasteiger partial charge in [-0.15, -0.1) is 6.58 Å². The molecule has 0 spiro atoms. The Hall–Kier alpha value is -0.733. The molecule has 176 valence electrons. The van der Waals surface area contributed by atoms with E-state index in [4.69, 9.17) is 13.9 Å². The number of methoxy groups -OCH3 is 1. The lowest BCUT2D eigenvalue weighted by Gasteiger charge is -2.42. The fraction of sp³-hybridized carbons (Fsp3) is 0.870. The number of esters is 1. The molecule has 0 radical (unpaired) electrons. The Balaban J connectivity index is 3.11. The van der Waals surface area contributed by atoms with Gasteiger partial charge in [0.15, 0.2) is 14.4 Å². The van der Waals surface area contributed by atoms with Crippen molar-refractivity contribution >= 4 is 14.3 Å². The minimum atomic E-state index is -2.19. The molecule has 0 amide bonds. The Labute approximate surface area is 184 Å². The third kappa shape index (κ3) is 5.74. The van der Waals surface area contributed by atoms with Crippen LogP contribution in [0.4, 0.5) is 0 Å². The summed E-state index contributed by atoms with van der Waals surface area (Å²) in [5, 5.41) is 21.2. The van der Waals surface area contributed by atoms with Crippen molar-refractivity contribution in [3.63, 3.8) is 0 Å². The second kappa shape index (κ2) is 9.82. The number of rotatable bonds is 10. The molecule has 0 aromatic rings. The predicted molar refractivity (Wildman–Crippen MR) is 122 cm³/mol. The van der Waals surface area contributed by atoms with Crippen molar-refractivity contribution < 1.29 is 28.9 Å². The second-order valence-corrected chi connectivity index (χ2v) is 15.7. The first-order valence-corrected chi connectivity index (χ1v) is 13.8. The maximum absolute atomic E-state index is 12.7. The number of hydrogen-bond acceptors (Lipinski definition) is 6. The van der Waals surface area contributed by atoms with Crippen molar-refractivity contribution in [1.29, 1.82) is 0 Å². The summed E-state index contributed by atoms with van der Waals surface area (Å²) in [4.78, 5) is 12.7. The van der Waals surface area contributed by atoms with E-state index in [1.807, 2.05) is 20.8 Å². The summed E-state index contributed by atoms with van der Waals surface area (Å²) in [6.45, 7) is 21.8. The van der Waals surface area contributed by atoms with Crippen molar-refractivity contribution in [3.05, 3.63) is 12.7 Å². The van der Waals surface area contributed by atoms with Crippen LogP contribution in [0.3, 0.4) is 0 Å². The quantitative estimate of drug-likeness (QED) is 0.302. The summed E-state index contributed by atoms with van der Waals surface area (Å²) in [5.74, 6) is -0.852. The topological polar surface area (TPSA) is 85.2 Å². The second-order valence-electron chi connectivity index (χ2n) is 10.9. The Bertz CT molecular complexity index is 597. The summed E-state index contributed by atoms with van der Waals surface area (Å²) in [7, 11) is -0.641. The maximum Gasteiger partial charge on any atom is 0.314 e. The Kier molecular flexibility index (Phi) is 8.93. The molecule has 7 atom stereocenters. The molecule has 1 fully saturated rings. The van der Waals surface area contributed by atoms with E-state index in [9.17, 15) is 15.0 Å². The van der Waals surface area contributed by atoms with E-state index in [0.29, 0.717) is 0 Å². The van der Waals surface area contributed by atoms with E-state index in [1.165, 1.54) is 0 Å². The van der Waals surface area contributed by atoms with Gasteiger partial charge in [0.2, 0.25) is 0 Å². The van der Waals surface area contributed by atoms with Gasteiger partial charge < -0.3 is 24.1 Å². The van der Waals surface area contributed by atoms with Crippen LogP contribution in [-0.2, 0) is 18.7 Å². The molecule has 1 aliphatic heterocycles. The molecule has 2 N–H and O–H groups in total. The molecule has 0 saturated carbocycles. The highest BCUT2D eigenvalue weighted by Gasteiger charge is 2.57. The Morgan fingerprint density at radius 3 is 2.23 bits per heavy atom. The van der Waals surface area contributed by atoms with E-state index in [1.54, 1.807) is 20.1 Å². The first kappa shape index (κ1) is 27.3. The fourth-order valence-electron chi connectivity index (χ4n) is 3.51. The molecular formula is C23H44O6Si. The van der Waals surface area contributed by atoms with Gasteiger partial charge in [0, 0.05) is 25.4 Å². The number of ether oxygens (including phenoxy) is 2. The highest BCUT2D eigenvalue weighted by atomic mass is 28.4. The lowest BCUT2D eigenvalue weighted by Crippen LogP contribution is -2.53. The van der Waals surface area contributed by atoms with E-state index in [0.717, 1.165) is 0 Å². The molecule has 0 unspecified atom stereocenters. The molecule has 7 heteroatoms. The van der Waals surface area contributed by atoms with Crippen LogP contribution in [-0.4, -0.2) is 62.1 Å². The van der Waals surface area contributed by atoms with Crippen LogP contribution in [0.1, 0.15) is 54.9 Å². The van der Waals surface area contributed by atoms with Crippen LogP contribution in [0.15, 0.2) is 12.7 Å². The number of carbonyl (C=O) groups is 1. The minimum Gasteiger partial charge on any atom is -0.456 e. The summed E-state index contributed by atoms with van der Waals surface area (Å²) in [6.07, 6.45) is -1.30. The summed E-state index contributed by atoms with van der Waals surface area (Å²) >= 11 is 0. The van der Waals surface area contributed by atoms with Gasteiger partial charge in [-0.25, -0.2) is 0 Å². The van der Waals surface area contributed by atoms with E-state index >= 15 is 0 Å². The molecule has 0 aliphatic carbocycles. The Morgan fingerprint density at radius 1 is 1.27 bits per heavy atom. The van der Waals surface area contributed by atoms with Crippen LogP contribution in [0.25, 0.3) is 0 Å². The van der Waals surface area contributed by atoms with E-state index in [2.05, 4.69) is 40.4 Å². The lowest BCUT2D eigenvalue weighted by atomic mass is 9.82. The van der Waals surface area contributed by atoms with Crippen molar-refractivity contribution in [3.8, 4) is 0 Å². The van der Waals surface area contributed by atoms with Crippen molar-refractivity contribution in [2.24, 2.45) is 17.3 Å². The van der Waals surface area contributed by atoms with Crippen molar-refractivity contribution in [2.75, 3.05) is 7.11 Å². The SMILES string of the molecule is C=C[C@@H](C)[C@@H](O)[C@@H](C)[C@@H](O)C[C@H](OC)[C@H]1OC(=O)C(C)(C)[C@H]1O[Si](C)(C)C(C)(C)C. The minimum absolute atomic E-state index is 0.0270. The van der Waals surface area contributed by atoms with Crippen LogP contribution >= 0.6 is 0 Å². The molecule has 0 aromatic carbocycles. The molecule has 0 aromatic heterocycles. The zero-order chi connectivity index (χ0) is 23.7. The van der Waals surface area contributed by atoms with Gasteiger partial charge in [-0.05, 0) is 32.0 Å². The normalized spacial score (nSPS) is 27.1. The summed E-state index contributed by atoms with van der Waals surface area (Å²) in [6, 6.07) is 0. The monoisotopic (exact) mass is 444 g/mol. The third-order valence-corrected chi connectivity index (χ3v) is 11.7. The highest BCUT2D eigenvalue weighted by molar-refractivity contribution is 6.74. The smallest absolute Gasteiger partial charge is 0.314 e. The van der Waals surface area contributed by atoms with Gasteiger partial charge in [0.05, 0.1) is 23.7 Å². The van der Waals surface area contributed by atoms with E-state index in [-0.39, 0.29) is 29.3 Å². The summed E-state index contributed by atoms with van der Waals surface area (Å²) in [5.41, 5.74) is -0.815. The van der Waals surface area contributed by atoms with Crippen molar-refractivity contribution in [1.82, 2.24) is 0 Å². The maximum atomic E-state index is 12.7. The average molecular weight is 445 g/mol. The molecule has 30 heavy (non-hydrogen) atoms. The fourth-order valence-corrected chi connectivity index (χ4v) is 4.92. The van der Waals surface area contributed by atoms with Crippen LogP contribution in [0.5, 0.6) is 0 Å². The standard InChI is InChI=1S/C23H44O6Si/c1-12-14(2)18(25)15(3)16(24)13-17(27-9)19-20(23(7,8)21(26)28-19)29-30(10,11)22(4,5)6/h12,14-20,24-25H,1,13H2,2-11H3/t14-,15+,16+,17+,18-,19-,20+/m1/s1. The average Bonchev–Trinajstić information content (AvgIpc) is 2.86. The number of carbonyl (C=O) groups excluding carboxylic acids is 1. The molecule has 6 nitrogen and oxygen atoms in total. The van der Waals surface area contributed by atoms with Crippen molar-refractivity contribution in [2.45, 2.75) is 104 Å². The first-order valence-electron chi connectivity index (χ1n) is 10.9. The number of aliphatic hydroxyl groups excluding tert-OH is 2. The predicted octanol–water partition coefficient (Wildman–Crippen LogP) is 3.91. The highest BCUT2D eigenvalue weighted by Crippen LogP contribution is 2.45. The zero-order valence-corrected chi connectivity index (χ0v) is 21.6. The number of cyclic esters (lactones) is 1. The zero-order valence-electron chi connectivity index (χ0n) is 20.6. The summed E-state index contributed by atoms with van der Waals surface area (Å²) < 4.78 is 18.1. The lowest BCUT2D eigenvalue weighted by molar-refractivity contribution is -0.153. The van der Waals surface area contributed by atoms with Gasteiger partial charge in [-0.2, -0.15) is 0 Å². The van der Waals surface area contributed by atoms with Gasteiger partial charge in [0.25, 0.3) is 0 Å². The number of aliphatic hydroxyl groups is 2. The van der Waals surface area contributed by atoms with Gasteiger partial charge in [-0.3, -0.25) is 4.79 Å². The van der Waals surface area contributed by atoms with Gasteiger partial charge in [0.1, 0.15) is 6.10 Å². The third-order valence-electron chi connectivity index (χ3n) is 7.21. The van der Waals surface area contributed by atoms with Gasteiger partial charge in [-0.1, -0.05) is 40.7 Å². The van der Waals surface area contributed by atoms with Crippen LogP contribution in [0, 0.1) is 17.3 Å². The molecule has 1 heterocycles. The molecular weight excluding hydrogens is 400 g/mol. The molecule has 0 bridgehead atoms. The number of hydrogen-bond donors (Lipinski definition) is 2. The molecule has 1 aliphatic rings. The van der Waals surface area contributed by atoms with Crippen LogP contribution in [0.2, 0.25) is 18.1 Å². The molecule has 1 rings (SSSR count). The Morgan fingerprint density at radius 2 is 1.80 bits per heavy atom. The van der Waals surface area contributed by atoms with Crippen LogP contribution < -0.4 is 0 Å². The largest absolute Gasteiger partial charge is 0.456 e. The first-order chi connectivity index (χ1) is 13.5. The van der Waals surface area contributed by atoms with Gasteiger partial charge >= 0.3 is 5.97 Å².